The van der Waals surface area contributed by atoms with Gasteiger partial charge in [-0.15, -0.1) is 5.10 Å². The van der Waals surface area contributed by atoms with Crippen molar-refractivity contribution in [1.29, 1.82) is 0 Å². The Kier molecular flexibility index (Phi) is 3.15. The van der Waals surface area contributed by atoms with Crippen molar-refractivity contribution in [3.8, 4) is 0 Å². The normalized spacial score (nSPS) is 13.0. The van der Waals surface area contributed by atoms with Crippen molar-refractivity contribution >= 4 is 28.5 Å². The molecule has 2 aromatic carbocycles. The summed E-state index contributed by atoms with van der Waals surface area (Å²) in [4.78, 5) is 13.2. The van der Waals surface area contributed by atoms with Crippen LogP contribution in [0.15, 0.2) is 60.8 Å². The monoisotopic (exact) mass is 340 g/mol. The van der Waals surface area contributed by atoms with Crippen molar-refractivity contribution < 1.29 is 4.79 Å². The lowest BCUT2D eigenvalue weighted by Crippen LogP contribution is -2.13. The zero-order valence-electron chi connectivity index (χ0n) is 14.3. The van der Waals surface area contributed by atoms with Crippen LogP contribution < -0.4 is 0 Å². The second kappa shape index (κ2) is 5.52. The van der Waals surface area contributed by atoms with E-state index in [0.717, 1.165) is 27.9 Å². The molecule has 0 unspecified atom stereocenters. The van der Waals surface area contributed by atoms with E-state index in [-0.39, 0.29) is 5.78 Å². The van der Waals surface area contributed by atoms with Crippen LogP contribution in [0.5, 0.6) is 0 Å². The minimum atomic E-state index is -0.0598. The standard InChI is InChI=1S/C21H16N4O/c1-14-6-8-15(9-7-14)21(26)20-11-17-10-16-4-2-3-5-19(16)24(17)13-18-12-22-23-25(18)20/h2-12H,13H2,1H3. The number of para-hydroxylation sites is 1. The van der Waals surface area contributed by atoms with Crippen LogP contribution in [0.3, 0.4) is 0 Å². The van der Waals surface area contributed by atoms with Crippen LogP contribution in [0.4, 0.5) is 0 Å². The molecular formula is C21H16N4O. The van der Waals surface area contributed by atoms with E-state index < -0.39 is 0 Å². The molecule has 5 heteroatoms. The summed E-state index contributed by atoms with van der Waals surface area (Å²) >= 11 is 0. The molecule has 0 spiro atoms. The molecule has 26 heavy (non-hydrogen) atoms. The molecule has 5 rings (SSSR count). The SMILES string of the molecule is Cc1ccc(C(=O)C2=Cc3cc4ccccc4n3Cc3cnnn32)cc1. The molecule has 1 aliphatic heterocycles. The zero-order valence-corrected chi connectivity index (χ0v) is 14.3. The predicted molar refractivity (Wildman–Crippen MR) is 101 cm³/mol. The number of hydrogen-bond acceptors (Lipinski definition) is 3. The van der Waals surface area contributed by atoms with E-state index in [2.05, 4.69) is 33.1 Å². The number of fused-ring (bicyclic) bond motifs is 4. The first-order valence-corrected chi connectivity index (χ1v) is 8.52. The minimum absolute atomic E-state index is 0.0598. The fourth-order valence-corrected chi connectivity index (χ4v) is 3.47. The number of hydrogen-bond donors (Lipinski definition) is 0. The number of nitrogens with zero attached hydrogens (tertiary/aromatic N) is 4. The summed E-state index contributed by atoms with van der Waals surface area (Å²) in [6.45, 7) is 2.63. The smallest absolute Gasteiger partial charge is 0.211 e. The molecule has 0 N–H and O–H groups in total. The van der Waals surface area contributed by atoms with Crippen molar-refractivity contribution in [1.82, 2.24) is 19.6 Å². The number of allylic oxidation sites excluding steroid dienone is 1. The van der Waals surface area contributed by atoms with E-state index in [0.29, 0.717) is 17.8 Å². The third kappa shape index (κ3) is 2.21. The molecule has 3 heterocycles. The molecule has 0 aliphatic carbocycles. The van der Waals surface area contributed by atoms with Gasteiger partial charge in [0.2, 0.25) is 5.78 Å². The summed E-state index contributed by atoms with van der Waals surface area (Å²) in [6, 6.07) is 17.9. The van der Waals surface area contributed by atoms with Gasteiger partial charge in [0.15, 0.2) is 0 Å². The summed E-state index contributed by atoms with van der Waals surface area (Å²) in [7, 11) is 0. The highest BCUT2D eigenvalue weighted by Gasteiger charge is 2.23. The molecule has 0 saturated carbocycles. The molecule has 0 fully saturated rings. The largest absolute Gasteiger partial charge is 0.335 e. The van der Waals surface area contributed by atoms with Crippen molar-refractivity contribution in [2.24, 2.45) is 0 Å². The van der Waals surface area contributed by atoms with Crippen LogP contribution in [-0.2, 0) is 6.54 Å². The second-order valence-electron chi connectivity index (χ2n) is 6.58. The van der Waals surface area contributed by atoms with E-state index in [1.165, 1.54) is 0 Å². The predicted octanol–water partition coefficient (Wildman–Crippen LogP) is 3.78. The van der Waals surface area contributed by atoms with Crippen LogP contribution in [0, 0.1) is 6.92 Å². The summed E-state index contributed by atoms with van der Waals surface area (Å²) in [5, 5.41) is 9.35. The summed E-state index contributed by atoms with van der Waals surface area (Å²) < 4.78 is 3.85. The third-order valence-corrected chi connectivity index (χ3v) is 4.84. The Morgan fingerprint density at radius 2 is 1.88 bits per heavy atom. The average molecular weight is 340 g/mol. The van der Waals surface area contributed by atoms with Gasteiger partial charge in [0.1, 0.15) is 5.70 Å². The highest BCUT2D eigenvalue weighted by atomic mass is 16.1. The highest BCUT2D eigenvalue weighted by Crippen LogP contribution is 2.28. The van der Waals surface area contributed by atoms with Gasteiger partial charge in [-0.25, -0.2) is 4.68 Å². The fraction of sp³-hybridized carbons (Fsp3) is 0.0952. The Morgan fingerprint density at radius 1 is 1.08 bits per heavy atom. The molecule has 2 aromatic heterocycles. The molecule has 0 saturated heterocycles. The van der Waals surface area contributed by atoms with Gasteiger partial charge in [0.05, 0.1) is 18.4 Å². The van der Waals surface area contributed by atoms with Crippen LogP contribution in [0.25, 0.3) is 22.7 Å². The number of ketones is 1. The lowest BCUT2D eigenvalue weighted by molar-refractivity contribution is 0.105. The molecule has 126 valence electrons. The first-order valence-electron chi connectivity index (χ1n) is 8.52. The molecule has 5 nitrogen and oxygen atoms in total. The molecule has 0 amide bonds. The summed E-state index contributed by atoms with van der Waals surface area (Å²) in [6.07, 6.45) is 3.63. The zero-order chi connectivity index (χ0) is 17.7. The first-order chi connectivity index (χ1) is 12.7. The maximum absolute atomic E-state index is 13.2. The Balaban J connectivity index is 1.72. The minimum Gasteiger partial charge on any atom is -0.335 e. The number of aromatic nitrogens is 4. The summed E-state index contributed by atoms with van der Waals surface area (Å²) in [5.41, 5.74) is 5.30. The topological polar surface area (TPSA) is 52.7 Å². The number of Topliss-reactive ketones (excluding diaryl/α,β-unsaturated/α-hetero) is 1. The van der Waals surface area contributed by atoms with E-state index >= 15 is 0 Å². The van der Waals surface area contributed by atoms with Gasteiger partial charge in [-0.2, -0.15) is 0 Å². The Labute approximate surface area is 150 Å². The summed E-state index contributed by atoms with van der Waals surface area (Å²) in [5.74, 6) is -0.0598. The molecule has 0 bridgehead atoms. The quantitative estimate of drug-likeness (QED) is 0.522. The van der Waals surface area contributed by atoms with Gasteiger partial charge in [0.25, 0.3) is 0 Å². The molecule has 4 aromatic rings. The van der Waals surface area contributed by atoms with Gasteiger partial charge in [-0.1, -0.05) is 53.2 Å². The third-order valence-electron chi connectivity index (χ3n) is 4.84. The van der Waals surface area contributed by atoms with Gasteiger partial charge in [-0.3, -0.25) is 4.79 Å². The number of carbonyl (C=O) groups excluding carboxylic acids is 1. The van der Waals surface area contributed by atoms with Crippen molar-refractivity contribution in [2.75, 3.05) is 0 Å². The van der Waals surface area contributed by atoms with Gasteiger partial charge in [-0.05, 0) is 25.1 Å². The van der Waals surface area contributed by atoms with Gasteiger partial charge in [0, 0.05) is 22.2 Å². The van der Waals surface area contributed by atoms with Crippen LogP contribution in [0.2, 0.25) is 0 Å². The van der Waals surface area contributed by atoms with Gasteiger partial charge < -0.3 is 4.57 Å². The van der Waals surface area contributed by atoms with E-state index in [4.69, 9.17) is 0 Å². The van der Waals surface area contributed by atoms with Crippen LogP contribution >= 0.6 is 0 Å². The Hall–Kier alpha value is -3.47. The lowest BCUT2D eigenvalue weighted by Gasteiger charge is -2.08. The van der Waals surface area contributed by atoms with E-state index in [9.17, 15) is 4.79 Å². The average Bonchev–Trinajstić information content (AvgIpc) is 3.22. The number of aryl methyl sites for hydroxylation is 1. The Morgan fingerprint density at radius 3 is 2.73 bits per heavy atom. The van der Waals surface area contributed by atoms with Crippen molar-refractivity contribution in [2.45, 2.75) is 13.5 Å². The molecular weight excluding hydrogens is 324 g/mol. The molecule has 0 atom stereocenters. The van der Waals surface area contributed by atoms with Crippen LogP contribution in [0.1, 0.15) is 27.3 Å². The number of carbonyl (C=O) groups is 1. The molecule has 1 aliphatic rings. The van der Waals surface area contributed by atoms with E-state index in [1.54, 1.807) is 10.9 Å². The highest BCUT2D eigenvalue weighted by molar-refractivity contribution is 6.28. The second-order valence-corrected chi connectivity index (χ2v) is 6.58. The number of rotatable bonds is 2. The maximum atomic E-state index is 13.2. The van der Waals surface area contributed by atoms with Crippen molar-refractivity contribution in [3.05, 3.63) is 83.3 Å². The number of benzene rings is 2. The Bertz CT molecular complexity index is 1180. The first kappa shape index (κ1) is 14.8. The molecule has 0 radical (unpaired) electrons. The lowest BCUT2D eigenvalue weighted by atomic mass is 10.1. The van der Waals surface area contributed by atoms with Gasteiger partial charge >= 0.3 is 0 Å². The maximum Gasteiger partial charge on any atom is 0.211 e. The van der Waals surface area contributed by atoms with Crippen LogP contribution in [-0.4, -0.2) is 25.3 Å². The van der Waals surface area contributed by atoms with E-state index in [1.807, 2.05) is 49.4 Å². The fourth-order valence-electron chi connectivity index (χ4n) is 3.47. The van der Waals surface area contributed by atoms with Crippen molar-refractivity contribution in [3.63, 3.8) is 0 Å².